The van der Waals surface area contributed by atoms with E-state index in [-0.39, 0.29) is 23.0 Å². The molecule has 1 aliphatic heterocycles. The van der Waals surface area contributed by atoms with Crippen LogP contribution >= 0.6 is 12.2 Å². The van der Waals surface area contributed by atoms with Crippen molar-refractivity contribution in [1.82, 2.24) is 10.2 Å². The lowest BCUT2D eigenvalue weighted by atomic mass is 9.88. The first-order valence-corrected chi connectivity index (χ1v) is 10.7. The summed E-state index contributed by atoms with van der Waals surface area (Å²) in [5.41, 5.74) is 2.44. The predicted molar refractivity (Wildman–Crippen MR) is 124 cm³/mol. The maximum Gasteiger partial charge on any atom is 0.247 e. The van der Waals surface area contributed by atoms with Crippen molar-refractivity contribution >= 4 is 35.4 Å². The molecule has 156 valence electrons. The summed E-state index contributed by atoms with van der Waals surface area (Å²) in [6, 6.07) is 20.5. The van der Waals surface area contributed by atoms with Gasteiger partial charge in [-0.15, -0.1) is 0 Å². The van der Waals surface area contributed by atoms with Gasteiger partial charge >= 0.3 is 0 Å². The van der Waals surface area contributed by atoms with Crippen LogP contribution in [-0.2, 0) is 9.59 Å². The van der Waals surface area contributed by atoms with Gasteiger partial charge in [0.15, 0.2) is 11.0 Å². The normalized spacial score (nSPS) is 18.2. The fourth-order valence-electron chi connectivity index (χ4n) is 3.62. The van der Waals surface area contributed by atoms with Crippen LogP contribution in [0.3, 0.4) is 0 Å². The van der Waals surface area contributed by atoms with Crippen molar-refractivity contribution in [1.29, 1.82) is 0 Å². The molecule has 0 radical (unpaired) electrons. The molecule has 0 bridgehead atoms. The van der Waals surface area contributed by atoms with Crippen molar-refractivity contribution in [2.24, 2.45) is 10.9 Å². The lowest BCUT2D eigenvalue weighted by Gasteiger charge is -2.34. The Morgan fingerprint density at radius 3 is 2.17 bits per heavy atom. The minimum absolute atomic E-state index is 0.0676. The number of aliphatic imine (C=N–C) groups is 1. The molecule has 2 atom stereocenters. The van der Waals surface area contributed by atoms with E-state index in [1.54, 1.807) is 0 Å². The smallest absolute Gasteiger partial charge is 0.247 e. The Morgan fingerprint density at radius 2 is 1.63 bits per heavy atom. The molecule has 1 fully saturated rings. The van der Waals surface area contributed by atoms with Gasteiger partial charge in [-0.05, 0) is 43.1 Å². The molecule has 0 aromatic heterocycles. The molecule has 1 N–H and O–H groups in total. The van der Waals surface area contributed by atoms with E-state index in [9.17, 15) is 9.59 Å². The molecule has 1 saturated heterocycles. The quantitative estimate of drug-likeness (QED) is 0.399. The first-order chi connectivity index (χ1) is 14.5. The van der Waals surface area contributed by atoms with Gasteiger partial charge < -0.3 is 5.32 Å². The van der Waals surface area contributed by atoms with Crippen molar-refractivity contribution in [3.8, 4) is 0 Å². The van der Waals surface area contributed by atoms with E-state index in [2.05, 4.69) is 34.6 Å². The number of carbonyl (C=O) groups is 2. The summed E-state index contributed by atoms with van der Waals surface area (Å²) in [7, 11) is 0. The maximum absolute atomic E-state index is 12.8. The Kier molecular flexibility index (Phi) is 7.46. The average molecular weight is 422 g/mol. The Bertz CT molecular complexity index is 875. The number of benzene rings is 2. The van der Waals surface area contributed by atoms with Gasteiger partial charge in [0, 0.05) is 24.7 Å². The van der Waals surface area contributed by atoms with E-state index < -0.39 is 11.8 Å². The minimum Gasteiger partial charge on any atom is -0.302 e. The fraction of sp³-hybridized carbons (Fsp3) is 0.333. The van der Waals surface area contributed by atoms with Crippen molar-refractivity contribution < 1.29 is 9.59 Å². The van der Waals surface area contributed by atoms with Gasteiger partial charge in [0.2, 0.25) is 11.8 Å². The lowest BCUT2D eigenvalue weighted by Crippen LogP contribution is -2.60. The summed E-state index contributed by atoms with van der Waals surface area (Å²) in [6.45, 7) is 4.41. The van der Waals surface area contributed by atoms with Crippen LogP contribution in [0.2, 0.25) is 0 Å². The summed E-state index contributed by atoms with van der Waals surface area (Å²) in [5, 5.41) is 2.81. The van der Waals surface area contributed by atoms with Gasteiger partial charge in [-0.3, -0.25) is 19.5 Å². The molecular weight excluding hydrogens is 394 g/mol. The highest BCUT2D eigenvalue weighted by Crippen LogP contribution is 2.27. The zero-order valence-corrected chi connectivity index (χ0v) is 18.1. The van der Waals surface area contributed by atoms with Crippen molar-refractivity contribution in [2.45, 2.75) is 38.6 Å². The third-order valence-corrected chi connectivity index (χ3v) is 5.77. The van der Waals surface area contributed by atoms with Gasteiger partial charge in [0.1, 0.15) is 0 Å². The van der Waals surface area contributed by atoms with E-state index >= 15 is 0 Å². The number of nitrogens with one attached hydrogen (secondary N) is 1. The Balaban J connectivity index is 1.71. The van der Waals surface area contributed by atoms with E-state index in [0.29, 0.717) is 6.54 Å². The molecule has 30 heavy (non-hydrogen) atoms. The van der Waals surface area contributed by atoms with Crippen LogP contribution in [0.1, 0.15) is 43.7 Å². The lowest BCUT2D eigenvalue weighted by molar-refractivity contribution is -0.139. The maximum atomic E-state index is 12.8. The molecule has 0 aliphatic carbocycles. The standard InChI is InChI=1S/C24H27N3O2S/c1-3-17(2)27-23(29)21(22(28)26-24(27)30)16-25-15-14-20(18-10-6-4-7-11-18)19-12-8-5-9-13-19/h4-13,16-17,20-21H,3,14-15H2,1-2H3,(H,26,28,30)/t17-,21+/m1/s1. The average Bonchev–Trinajstić information content (AvgIpc) is 2.76. The second-order valence-electron chi connectivity index (χ2n) is 7.46. The molecule has 0 spiro atoms. The molecule has 2 aromatic carbocycles. The number of thiocarbonyl (C=S) groups is 1. The number of amides is 2. The third-order valence-electron chi connectivity index (χ3n) is 5.47. The van der Waals surface area contributed by atoms with Crippen LogP contribution in [0.4, 0.5) is 0 Å². The van der Waals surface area contributed by atoms with Gasteiger partial charge in [0.05, 0.1) is 0 Å². The van der Waals surface area contributed by atoms with E-state index in [1.807, 2.05) is 50.2 Å². The number of hydrogen-bond donors (Lipinski definition) is 1. The van der Waals surface area contributed by atoms with Gasteiger partial charge in [-0.2, -0.15) is 0 Å². The Labute approximate surface area is 183 Å². The molecule has 0 unspecified atom stereocenters. The zero-order chi connectivity index (χ0) is 21.5. The molecule has 2 aromatic rings. The molecule has 0 saturated carbocycles. The van der Waals surface area contributed by atoms with Crippen LogP contribution in [0, 0.1) is 5.92 Å². The summed E-state index contributed by atoms with van der Waals surface area (Å²) in [5.74, 6) is -1.44. The van der Waals surface area contributed by atoms with Crippen LogP contribution in [0.15, 0.2) is 65.7 Å². The van der Waals surface area contributed by atoms with E-state index in [0.717, 1.165) is 12.8 Å². The zero-order valence-electron chi connectivity index (χ0n) is 17.3. The SMILES string of the molecule is CC[C@@H](C)N1C(=O)[C@@H](C=NCCC(c2ccccc2)c2ccccc2)C(=O)NC1=S. The summed E-state index contributed by atoms with van der Waals surface area (Å²) >= 11 is 5.18. The highest BCUT2D eigenvalue weighted by molar-refractivity contribution is 7.80. The second kappa shape index (κ2) is 10.3. The van der Waals surface area contributed by atoms with Crippen molar-refractivity contribution in [2.75, 3.05) is 6.54 Å². The molecule has 1 heterocycles. The molecular formula is C24H27N3O2S. The van der Waals surface area contributed by atoms with Gasteiger partial charge in [0.25, 0.3) is 0 Å². The molecule has 3 rings (SSSR count). The van der Waals surface area contributed by atoms with Crippen LogP contribution in [0.5, 0.6) is 0 Å². The van der Waals surface area contributed by atoms with Crippen molar-refractivity contribution in [3.05, 3.63) is 71.8 Å². The highest BCUT2D eigenvalue weighted by atomic mass is 32.1. The number of nitrogens with zero attached hydrogens (tertiary/aromatic N) is 2. The molecule has 5 nitrogen and oxygen atoms in total. The highest BCUT2D eigenvalue weighted by Gasteiger charge is 2.39. The minimum atomic E-state index is -0.933. The first kappa shape index (κ1) is 21.8. The first-order valence-electron chi connectivity index (χ1n) is 10.3. The summed E-state index contributed by atoms with van der Waals surface area (Å²) in [4.78, 5) is 31.1. The molecule has 6 heteroatoms. The summed E-state index contributed by atoms with van der Waals surface area (Å²) < 4.78 is 0. The van der Waals surface area contributed by atoms with Crippen LogP contribution in [-0.4, -0.2) is 40.6 Å². The predicted octanol–water partition coefficient (Wildman–Crippen LogP) is 3.94. The van der Waals surface area contributed by atoms with Crippen molar-refractivity contribution in [3.63, 3.8) is 0 Å². The van der Waals surface area contributed by atoms with Gasteiger partial charge in [-0.1, -0.05) is 67.6 Å². The third kappa shape index (κ3) is 5.00. The Hall–Kier alpha value is -2.86. The van der Waals surface area contributed by atoms with E-state index in [4.69, 9.17) is 12.2 Å². The van der Waals surface area contributed by atoms with E-state index in [1.165, 1.54) is 22.2 Å². The largest absolute Gasteiger partial charge is 0.302 e. The molecule has 1 aliphatic rings. The fourth-order valence-corrected chi connectivity index (χ4v) is 3.99. The monoisotopic (exact) mass is 421 g/mol. The van der Waals surface area contributed by atoms with Crippen LogP contribution < -0.4 is 5.32 Å². The second-order valence-corrected chi connectivity index (χ2v) is 7.84. The summed E-state index contributed by atoms with van der Waals surface area (Å²) in [6.07, 6.45) is 3.00. The number of rotatable bonds is 8. The Morgan fingerprint density at radius 1 is 1.07 bits per heavy atom. The number of hydrogen-bond acceptors (Lipinski definition) is 4. The topological polar surface area (TPSA) is 61.8 Å². The molecule has 2 amide bonds. The van der Waals surface area contributed by atoms with Gasteiger partial charge in [-0.25, -0.2) is 0 Å². The van der Waals surface area contributed by atoms with Crippen LogP contribution in [0.25, 0.3) is 0 Å². The number of carbonyl (C=O) groups excluding carboxylic acids is 2.